The molecule has 1 aliphatic rings. The van der Waals surface area contributed by atoms with Crippen LogP contribution in [-0.4, -0.2) is 54.1 Å². The van der Waals surface area contributed by atoms with Crippen molar-refractivity contribution in [3.8, 4) is 17.2 Å². The van der Waals surface area contributed by atoms with E-state index in [-0.39, 0.29) is 0 Å². The van der Waals surface area contributed by atoms with E-state index in [1.165, 1.54) is 38.2 Å². The van der Waals surface area contributed by atoms with Crippen molar-refractivity contribution in [2.45, 2.75) is 58.4 Å². The van der Waals surface area contributed by atoms with Crippen molar-refractivity contribution in [1.82, 2.24) is 20.2 Å². The predicted molar refractivity (Wildman–Crippen MR) is 123 cm³/mol. The highest BCUT2D eigenvalue weighted by Crippen LogP contribution is 2.46. The first kappa shape index (κ1) is 24.3. The second kappa shape index (κ2) is 11.5. The average molecular weight is 460 g/mol. The van der Waals surface area contributed by atoms with E-state index in [0.717, 1.165) is 19.3 Å². The Morgan fingerprint density at radius 1 is 1.03 bits per heavy atom. The van der Waals surface area contributed by atoms with E-state index < -0.39 is 12.0 Å². The fraction of sp³-hybridized carbons (Fsp3) is 0.565. The van der Waals surface area contributed by atoms with Gasteiger partial charge >= 0.3 is 5.97 Å². The van der Waals surface area contributed by atoms with Crippen LogP contribution in [0.1, 0.15) is 64.0 Å². The number of aromatic nitrogens is 4. The summed E-state index contributed by atoms with van der Waals surface area (Å²) in [5, 5.41) is 15.0. The number of hydrogen-bond donors (Lipinski definition) is 1. The molecule has 1 N–H and O–H groups in total. The molecule has 3 rings (SSSR count). The maximum atomic E-state index is 13.2. The van der Waals surface area contributed by atoms with Gasteiger partial charge in [-0.1, -0.05) is 44.1 Å². The fourth-order valence-corrected chi connectivity index (χ4v) is 4.03. The van der Waals surface area contributed by atoms with E-state index in [4.69, 9.17) is 18.9 Å². The van der Waals surface area contributed by atoms with Crippen LogP contribution in [0.25, 0.3) is 0 Å². The summed E-state index contributed by atoms with van der Waals surface area (Å²) in [6.07, 6.45) is 6.66. The predicted octanol–water partition coefficient (Wildman–Crippen LogP) is 3.89. The first-order valence-electron chi connectivity index (χ1n) is 11.3. The number of carbonyl (C=O) groups excluding carboxylic acids is 1. The molecule has 0 saturated carbocycles. The van der Waals surface area contributed by atoms with Gasteiger partial charge in [0.1, 0.15) is 6.04 Å². The highest BCUT2D eigenvalue weighted by atomic mass is 16.5. The zero-order valence-electron chi connectivity index (χ0n) is 20.0. The molecule has 10 heteroatoms. The molecule has 0 fully saturated rings. The molecule has 0 spiro atoms. The highest BCUT2D eigenvalue weighted by molar-refractivity contribution is 5.92. The van der Waals surface area contributed by atoms with Gasteiger partial charge in [0.15, 0.2) is 11.5 Å². The minimum Gasteiger partial charge on any atom is -0.493 e. The van der Waals surface area contributed by atoms with Crippen LogP contribution in [0, 0.1) is 0 Å². The molecule has 0 bridgehead atoms. The zero-order valence-corrected chi connectivity index (χ0v) is 20.0. The van der Waals surface area contributed by atoms with Gasteiger partial charge in [0.25, 0.3) is 0 Å². The number of benzene rings is 1. The van der Waals surface area contributed by atoms with Gasteiger partial charge in [0.05, 0.1) is 33.5 Å². The van der Waals surface area contributed by atoms with Crippen molar-refractivity contribution in [3.63, 3.8) is 0 Å². The van der Waals surface area contributed by atoms with Gasteiger partial charge in [0.2, 0.25) is 11.7 Å². The van der Waals surface area contributed by atoms with E-state index in [2.05, 4.69) is 27.8 Å². The van der Waals surface area contributed by atoms with Gasteiger partial charge in [-0.25, -0.2) is 4.79 Å². The van der Waals surface area contributed by atoms with Gasteiger partial charge in [-0.05, 0) is 35.9 Å². The highest BCUT2D eigenvalue weighted by Gasteiger charge is 2.37. The van der Waals surface area contributed by atoms with Crippen LogP contribution < -0.4 is 19.5 Å². The summed E-state index contributed by atoms with van der Waals surface area (Å²) in [6, 6.07) is 2.91. The van der Waals surface area contributed by atoms with Crippen molar-refractivity contribution in [2.75, 3.05) is 33.3 Å². The summed E-state index contributed by atoms with van der Waals surface area (Å²) < 4.78 is 23.8. The van der Waals surface area contributed by atoms with E-state index in [0.29, 0.717) is 46.6 Å². The molecule has 2 heterocycles. The molecule has 0 amide bonds. The lowest BCUT2D eigenvalue weighted by Crippen LogP contribution is -2.30. The first-order valence-corrected chi connectivity index (χ1v) is 11.3. The lowest BCUT2D eigenvalue weighted by molar-refractivity contribution is -0.139. The van der Waals surface area contributed by atoms with Crippen LogP contribution in [0.15, 0.2) is 23.4 Å². The Morgan fingerprint density at radius 3 is 2.45 bits per heavy atom. The molecule has 1 aromatic carbocycles. The number of fused-ring (bicyclic) bond motifs is 1. The van der Waals surface area contributed by atoms with Crippen molar-refractivity contribution < 1.29 is 23.7 Å². The Bertz CT molecular complexity index is 988. The molecule has 0 aliphatic carbocycles. The number of nitrogens with zero attached hydrogens (tertiary/aromatic N) is 4. The standard InChI is InChI=1S/C23H33N5O5/c1-6-7-8-9-10-11-14-33-22(29)18-15(2)24-23-25-26-27-28(23)19(18)16-12-13-17(30-3)21(32-5)20(16)31-4/h12-13,19H,6-11,14H2,1-5H3,(H,24,25,27). The third kappa shape index (κ3) is 5.20. The van der Waals surface area contributed by atoms with Gasteiger partial charge in [-0.15, -0.1) is 0 Å². The summed E-state index contributed by atoms with van der Waals surface area (Å²) in [6.45, 7) is 4.36. The minimum absolute atomic E-state index is 0.361. The summed E-state index contributed by atoms with van der Waals surface area (Å²) in [5.41, 5.74) is 1.68. The molecule has 1 aliphatic heterocycles. The van der Waals surface area contributed by atoms with E-state index >= 15 is 0 Å². The van der Waals surface area contributed by atoms with Crippen LogP contribution in [0.2, 0.25) is 0 Å². The maximum Gasteiger partial charge on any atom is 0.338 e. The zero-order chi connectivity index (χ0) is 23.8. The number of ether oxygens (including phenoxy) is 4. The molecule has 2 aromatic rings. The van der Waals surface area contributed by atoms with Crippen molar-refractivity contribution in [1.29, 1.82) is 0 Å². The summed E-state index contributed by atoms with van der Waals surface area (Å²) in [4.78, 5) is 13.2. The second-order valence-electron chi connectivity index (χ2n) is 7.84. The van der Waals surface area contributed by atoms with E-state index in [1.54, 1.807) is 20.1 Å². The molecule has 0 saturated heterocycles. The molecule has 1 aromatic heterocycles. The number of anilines is 1. The van der Waals surface area contributed by atoms with Gasteiger partial charge in [0, 0.05) is 11.3 Å². The Labute approximate surface area is 194 Å². The monoisotopic (exact) mass is 459 g/mol. The third-order valence-corrected chi connectivity index (χ3v) is 5.69. The molecule has 33 heavy (non-hydrogen) atoms. The molecule has 10 nitrogen and oxygen atoms in total. The number of allylic oxidation sites excluding steroid dienone is 1. The van der Waals surface area contributed by atoms with Crippen LogP contribution in [0.5, 0.6) is 17.2 Å². The smallest absolute Gasteiger partial charge is 0.338 e. The van der Waals surface area contributed by atoms with E-state index in [1.807, 2.05) is 6.07 Å². The SMILES string of the molecule is CCCCCCCCOC(=O)C1=C(C)Nc2nnnn2C1c1ccc(OC)c(OC)c1OC. The number of carbonyl (C=O) groups is 1. The maximum absolute atomic E-state index is 13.2. The number of unbranched alkanes of at least 4 members (excludes halogenated alkanes) is 5. The number of nitrogens with one attached hydrogen (secondary N) is 1. The Balaban J connectivity index is 1.90. The number of esters is 1. The van der Waals surface area contributed by atoms with Gasteiger partial charge in [-0.2, -0.15) is 4.68 Å². The fourth-order valence-electron chi connectivity index (χ4n) is 4.03. The largest absolute Gasteiger partial charge is 0.493 e. The van der Waals surface area contributed by atoms with E-state index in [9.17, 15) is 4.79 Å². The molecular formula is C23H33N5O5. The Hall–Kier alpha value is -3.30. The van der Waals surface area contributed by atoms with Crippen LogP contribution in [0.4, 0.5) is 5.95 Å². The van der Waals surface area contributed by atoms with Gasteiger partial charge < -0.3 is 24.3 Å². The quantitative estimate of drug-likeness (QED) is 0.373. The number of tetrazole rings is 1. The summed E-state index contributed by atoms with van der Waals surface area (Å²) >= 11 is 0. The average Bonchev–Trinajstić information content (AvgIpc) is 3.29. The van der Waals surface area contributed by atoms with Crippen molar-refractivity contribution in [2.24, 2.45) is 0 Å². The third-order valence-electron chi connectivity index (χ3n) is 5.69. The number of rotatable bonds is 12. The molecule has 180 valence electrons. The lowest BCUT2D eigenvalue weighted by atomic mass is 9.94. The summed E-state index contributed by atoms with van der Waals surface area (Å²) in [5.74, 6) is 1.36. The molecule has 1 unspecified atom stereocenters. The first-order chi connectivity index (χ1) is 16.1. The van der Waals surface area contributed by atoms with Crippen LogP contribution in [0.3, 0.4) is 0 Å². The minimum atomic E-state index is -0.664. The Morgan fingerprint density at radius 2 is 1.76 bits per heavy atom. The second-order valence-corrected chi connectivity index (χ2v) is 7.84. The molecular weight excluding hydrogens is 426 g/mol. The molecule has 0 radical (unpaired) electrons. The summed E-state index contributed by atoms with van der Waals surface area (Å²) in [7, 11) is 4.62. The van der Waals surface area contributed by atoms with Gasteiger partial charge in [-0.3, -0.25) is 0 Å². The topological polar surface area (TPSA) is 110 Å². The van der Waals surface area contributed by atoms with Crippen LogP contribution >= 0.6 is 0 Å². The molecule has 1 atom stereocenters. The normalized spacial score (nSPS) is 15.0. The number of methoxy groups -OCH3 is 3. The van der Waals surface area contributed by atoms with Crippen molar-refractivity contribution in [3.05, 3.63) is 29.0 Å². The van der Waals surface area contributed by atoms with Crippen molar-refractivity contribution >= 4 is 11.9 Å². The van der Waals surface area contributed by atoms with Crippen LogP contribution in [-0.2, 0) is 9.53 Å². The number of hydrogen-bond acceptors (Lipinski definition) is 9. The Kier molecular flexibility index (Phi) is 8.51. The lowest BCUT2D eigenvalue weighted by Gasteiger charge is -2.29.